The summed E-state index contributed by atoms with van der Waals surface area (Å²) in [6, 6.07) is 10.2. The zero-order valence-corrected chi connectivity index (χ0v) is 18.2. The lowest BCUT2D eigenvalue weighted by Gasteiger charge is -2.12. The zero-order chi connectivity index (χ0) is 23.3. The van der Waals surface area contributed by atoms with Crippen LogP contribution in [0.25, 0.3) is 11.3 Å². The number of thiazole rings is 1. The van der Waals surface area contributed by atoms with Gasteiger partial charge in [0.25, 0.3) is 0 Å². The van der Waals surface area contributed by atoms with Crippen LogP contribution in [0, 0.1) is 5.82 Å². The second-order valence-electron chi connectivity index (χ2n) is 6.48. The molecule has 1 heterocycles. The minimum absolute atomic E-state index is 0.106. The summed E-state index contributed by atoms with van der Waals surface area (Å²) < 4.78 is 23.3. The van der Waals surface area contributed by atoms with Crippen LogP contribution in [0.1, 0.15) is 26.3 Å². The van der Waals surface area contributed by atoms with E-state index in [0.29, 0.717) is 22.0 Å². The standard InChI is InChI=1S/C22H18FN3O5S/c1-13(27)26(22-25-20(12-32-22)16-4-7-18(23)8-5-16)24-11-17-6-9-19(30-14(2)28)10-21(17)31-15(3)29/h4-12H,1-3H3/b24-11-. The van der Waals surface area contributed by atoms with Crippen molar-refractivity contribution in [2.24, 2.45) is 5.10 Å². The number of benzene rings is 2. The average molecular weight is 455 g/mol. The number of hydrogen-bond donors (Lipinski definition) is 0. The predicted octanol–water partition coefficient (Wildman–Crippen LogP) is 4.19. The number of hydrazone groups is 1. The minimum atomic E-state index is -0.577. The topological polar surface area (TPSA) is 98.2 Å². The Morgan fingerprint density at radius 3 is 2.34 bits per heavy atom. The van der Waals surface area contributed by atoms with Gasteiger partial charge < -0.3 is 9.47 Å². The summed E-state index contributed by atoms with van der Waals surface area (Å²) in [4.78, 5) is 39.2. The van der Waals surface area contributed by atoms with E-state index in [1.165, 1.54) is 68.7 Å². The fourth-order valence-corrected chi connectivity index (χ4v) is 3.43. The number of esters is 2. The smallest absolute Gasteiger partial charge is 0.308 e. The molecule has 3 aromatic rings. The third-order valence-electron chi connectivity index (χ3n) is 3.92. The third kappa shape index (κ3) is 5.82. The Morgan fingerprint density at radius 1 is 1.03 bits per heavy atom. The van der Waals surface area contributed by atoms with Gasteiger partial charge in [-0.2, -0.15) is 10.1 Å². The number of nitrogens with zero attached hydrogens (tertiary/aromatic N) is 3. The Labute approximate surface area is 186 Å². The fraction of sp³-hybridized carbons (Fsp3) is 0.136. The van der Waals surface area contributed by atoms with Crippen LogP contribution in [0.5, 0.6) is 11.5 Å². The number of amides is 1. The van der Waals surface area contributed by atoms with Crippen molar-refractivity contribution in [2.75, 3.05) is 5.01 Å². The molecular formula is C22H18FN3O5S. The maximum atomic E-state index is 13.2. The van der Waals surface area contributed by atoms with Gasteiger partial charge in [0.05, 0.1) is 11.9 Å². The summed E-state index contributed by atoms with van der Waals surface area (Å²) in [5.41, 5.74) is 1.63. The molecule has 0 saturated carbocycles. The van der Waals surface area contributed by atoms with Crippen molar-refractivity contribution in [2.45, 2.75) is 20.8 Å². The van der Waals surface area contributed by atoms with E-state index in [2.05, 4.69) is 10.1 Å². The Morgan fingerprint density at radius 2 is 1.72 bits per heavy atom. The molecule has 2 aromatic carbocycles. The summed E-state index contributed by atoms with van der Waals surface area (Å²) in [6.07, 6.45) is 1.33. The maximum Gasteiger partial charge on any atom is 0.308 e. The molecule has 3 rings (SSSR count). The van der Waals surface area contributed by atoms with Gasteiger partial charge in [0.2, 0.25) is 11.0 Å². The molecule has 10 heteroatoms. The highest BCUT2D eigenvalue weighted by molar-refractivity contribution is 7.14. The van der Waals surface area contributed by atoms with Gasteiger partial charge in [-0.05, 0) is 36.4 Å². The quantitative estimate of drug-likeness (QED) is 0.239. The highest BCUT2D eigenvalue weighted by Crippen LogP contribution is 2.29. The Kier molecular flexibility index (Phi) is 7.06. The van der Waals surface area contributed by atoms with Crippen LogP contribution in [0.2, 0.25) is 0 Å². The van der Waals surface area contributed by atoms with Crippen molar-refractivity contribution >= 4 is 40.5 Å². The molecule has 164 valence electrons. The fourth-order valence-electron chi connectivity index (χ4n) is 2.59. The number of carbonyl (C=O) groups excluding carboxylic acids is 3. The van der Waals surface area contributed by atoms with E-state index in [-0.39, 0.29) is 17.3 Å². The number of rotatable bonds is 6. The molecule has 0 radical (unpaired) electrons. The first-order valence-electron chi connectivity index (χ1n) is 9.30. The Bertz CT molecular complexity index is 1190. The molecule has 8 nitrogen and oxygen atoms in total. The minimum Gasteiger partial charge on any atom is -0.427 e. The van der Waals surface area contributed by atoms with E-state index in [4.69, 9.17) is 9.47 Å². The molecular weight excluding hydrogens is 437 g/mol. The summed E-state index contributed by atoms with van der Waals surface area (Å²) in [6.45, 7) is 3.81. The SMILES string of the molecule is CC(=O)Oc1ccc(/C=N\N(C(C)=O)c2nc(-c3ccc(F)cc3)cs2)c(OC(C)=O)c1. The van der Waals surface area contributed by atoms with Crippen molar-refractivity contribution < 1.29 is 28.2 Å². The van der Waals surface area contributed by atoms with Gasteiger partial charge in [-0.15, -0.1) is 11.3 Å². The number of hydrogen-bond acceptors (Lipinski definition) is 8. The molecule has 0 aliphatic heterocycles. The lowest BCUT2D eigenvalue weighted by Crippen LogP contribution is -2.22. The first-order chi connectivity index (χ1) is 15.2. The van der Waals surface area contributed by atoms with E-state index in [1.54, 1.807) is 17.5 Å². The molecule has 32 heavy (non-hydrogen) atoms. The van der Waals surface area contributed by atoms with E-state index in [9.17, 15) is 18.8 Å². The molecule has 1 aromatic heterocycles. The lowest BCUT2D eigenvalue weighted by molar-refractivity contribution is -0.132. The van der Waals surface area contributed by atoms with Gasteiger partial charge in [-0.3, -0.25) is 14.4 Å². The summed E-state index contributed by atoms with van der Waals surface area (Å²) >= 11 is 1.19. The number of aromatic nitrogens is 1. The average Bonchev–Trinajstić information content (AvgIpc) is 3.18. The van der Waals surface area contributed by atoms with Crippen LogP contribution in [0.15, 0.2) is 52.9 Å². The van der Waals surface area contributed by atoms with Gasteiger partial charge >= 0.3 is 11.9 Å². The van der Waals surface area contributed by atoms with Crippen molar-refractivity contribution in [3.63, 3.8) is 0 Å². The van der Waals surface area contributed by atoms with Crippen molar-refractivity contribution in [1.29, 1.82) is 0 Å². The second kappa shape index (κ2) is 9.92. The molecule has 0 unspecified atom stereocenters. The molecule has 0 fully saturated rings. The Hall–Kier alpha value is -3.92. The summed E-state index contributed by atoms with van der Waals surface area (Å²) in [5.74, 6) is -1.56. The maximum absolute atomic E-state index is 13.2. The summed E-state index contributed by atoms with van der Waals surface area (Å²) in [7, 11) is 0. The molecule has 0 aliphatic rings. The van der Waals surface area contributed by atoms with Gasteiger partial charge in [0.1, 0.15) is 17.3 Å². The monoisotopic (exact) mass is 455 g/mol. The third-order valence-corrected chi connectivity index (χ3v) is 4.74. The predicted molar refractivity (Wildman–Crippen MR) is 117 cm³/mol. The second-order valence-corrected chi connectivity index (χ2v) is 7.32. The van der Waals surface area contributed by atoms with Crippen LogP contribution < -0.4 is 14.5 Å². The Balaban J connectivity index is 1.90. The lowest BCUT2D eigenvalue weighted by atomic mass is 10.2. The number of ether oxygens (including phenoxy) is 2. The van der Waals surface area contributed by atoms with Gasteiger partial charge in [-0.1, -0.05) is 0 Å². The van der Waals surface area contributed by atoms with E-state index in [1.807, 2.05) is 0 Å². The van der Waals surface area contributed by atoms with Crippen LogP contribution in [0.3, 0.4) is 0 Å². The first-order valence-corrected chi connectivity index (χ1v) is 10.2. The van der Waals surface area contributed by atoms with Crippen LogP contribution in [-0.4, -0.2) is 29.0 Å². The molecule has 0 spiro atoms. The number of anilines is 1. The largest absolute Gasteiger partial charge is 0.427 e. The molecule has 0 aliphatic carbocycles. The van der Waals surface area contributed by atoms with Gasteiger partial charge in [-0.25, -0.2) is 9.37 Å². The van der Waals surface area contributed by atoms with Crippen molar-refractivity contribution in [1.82, 2.24) is 4.98 Å². The molecule has 0 N–H and O–H groups in total. The molecule has 0 saturated heterocycles. The molecule has 0 atom stereocenters. The van der Waals surface area contributed by atoms with Crippen LogP contribution in [-0.2, 0) is 14.4 Å². The number of carbonyl (C=O) groups is 3. The van der Waals surface area contributed by atoms with Crippen molar-refractivity contribution in [3.05, 3.63) is 59.2 Å². The van der Waals surface area contributed by atoms with Crippen LogP contribution >= 0.6 is 11.3 Å². The first kappa shape index (κ1) is 22.8. The number of halogens is 1. The van der Waals surface area contributed by atoms with Crippen LogP contribution in [0.4, 0.5) is 9.52 Å². The summed E-state index contributed by atoms with van der Waals surface area (Å²) in [5, 5.41) is 7.32. The van der Waals surface area contributed by atoms with Gasteiger partial charge in [0.15, 0.2) is 0 Å². The normalized spacial score (nSPS) is 10.8. The van der Waals surface area contributed by atoms with Crippen molar-refractivity contribution in [3.8, 4) is 22.8 Å². The van der Waals surface area contributed by atoms with E-state index >= 15 is 0 Å². The zero-order valence-electron chi connectivity index (χ0n) is 17.4. The van der Waals surface area contributed by atoms with E-state index < -0.39 is 17.8 Å². The highest BCUT2D eigenvalue weighted by Gasteiger charge is 2.16. The van der Waals surface area contributed by atoms with Gasteiger partial charge in [0, 0.05) is 43.3 Å². The van der Waals surface area contributed by atoms with E-state index in [0.717, 1.165) is 5.01 Å². The molecule has 0 bridgehead atoms. The highest BCUT2D eigenvalue weighted by atomic mass is 32.1. The molecule has 1 amide bonds.